The summed E-state index contributed by atoms with van der Waals surface area (Å²) in [7, 11) is 1.58. The molecule has 9 heteroatoms. The second kappa shape index (κ2) is 7.31. The van der Waals surface area contributed by atoms with Gasteiger partial charge in [0.05, 0.1) is 7.11 Å². The number of nitrogens with one attached hydrogen (secondary N) is 3. The van der Waals surface area contributed by atoms with Gasteiger partial charge in [0.1, 0.15) is 16.5 Å². The maximum atomic E-state index is 12.0. The van der Waals surface area contributed by atoms with Crippen molar-refractivity contribution in [2.75, 3.05) is 7.11 Å². The first kappa shape index (κ1) is 16.9. The number of nitrogens with zero attached hydrogens (tertiary/aromatic N) is 1. The Hall–Kier alpha value is -2.94. The maximum absolute atomic E-state index is 12.0. The largest absolute Gasteiger partial charge is 0.497 e. The summed E-state index contributed by atoms with van der Waals surface area (Å²) in [5, 5.41) is 4.76. The van der Waals surface area contributed by atoms with Crippen LogP contribution in [-0.2, 0) is 9.59 Å². The van der Waals surface area contributed by atoms with Crippen LogP contribution in [0.25, 0.3) is 10.6 Å². The van der Waals surface area contributed by atoms with E-state index >= 15 is 0 Å². The van der Waals surface area contributed by atoms with Gasteiger partial charge in [0, 0.05) is 17.0 Å². The van der Waals surface area contributed by atoms with Crippen LogP contribution in [0.4, 0.5) is 0 Å². The molecule has 3 amide bonds. The summed E-state index contributed by atoms with van der Waals surface area (Å²) in [5.41, 5.74) is 5.25. The van der Waals surface area contributed by atoms with Crippen molar-refractivity contribution in [2.45, 2.75) is 18.9 Å². The molecule has 0 bridgehead atoms. The molecule has 2 aromatic rings. The number of rotatable bonds is 4. The molecule has 1 aliphatic carbocycles. The summed E-state index contributed by atoms with van der Waals surface area (Å²) in [6.45, 7) is 0. The highest BCUT2D eigenvalue weighted by atomic mass is 32.1. The number of benzene rings is 1. The first-order valence-electron chi connectivity index (χ1n) is 7.58. The van der Waals surface area contributed by atoms with Crippen LogP contribution in [-0.4, -0.2) is 35.9 Å². The number of methoxy groups -OCH3 is 1. The van der Waals surface area contributed by atoms with Crippen molar-refractivity contribution in [2.24, 2.45) is 0 Å². The third-order valence-corrected chi connectivity index (χ3v) is 4.37. The molecule has 0 saturated heterocycles. The normalized spacial score (nSPS) is 13.0. The predicted octanol–water partition coefficient (Wildman–Crippen LogP) is 0.858. The zero-order chi connectivity index (χ0) is 17.8. The SMILES string of the molecule is COc1ccc(-c2nc(C(=O)NNC(=O)C(=O)NC3CC3)cs2)cc1. The van der Waals surface area contributed by atoms with E-state index in [1.54, 1.807) is 24.6 Å². The molecule has 0 spiro atoms. The molecule has 8 nitrogen and oxygen atoms in total. The van der Waals surface area contributed by atoms with Gasteiger partial charge >= 0.3 is 11.8 Å². The van der Waals surface area contributed by atoms with Gasteiger partial charge in [-0.1, -0.05) is 0 Å². The number of aromatic nitrogens is 1. The highest BCUT2D eigenvalue weighted by Gasteiger charge is 2.26. The van der Waals surface area contributed by atoms with Crippen LogP contribution in [0.5, 0.6) is 5.75 Å². The fourth-order valence-corrected chi connectivity index (χ4v) is 2.76. The highest BCUT2D eigenvalue weighted by Crippen LogP contribution is 2.25. The number of ether oxygens (including phenoxy) is 1. The van der Waals surface area contributed by atoms with Crippen molar-refractivity contribution in [3.8, 4) is 16.3 Å². The number of hydrogen-bond donors (Lipinski definition) is 3. The number of carbonyl (C=O) groups excluding carboxylic acids is 3. The molecule has 3 rings (SSSR count). The van der Waals surface area contributed by atoms with Crippen molar-refractivity contribution < 1.29 is 19.1 Å². The molecule has 1 aliphatic rings. The van der Waals surface area contributed by atoms with Gasteiger partial charge in [-0.3, -0.25) is 25.2 Å². The summed E-state index contributed by atoms with van der Waals surface area (Å²) in [5.74, 6) is -1.54. The molecule has 1 aromatic carbocycles. The molecule has 25 heavy (non-hydrogen) atoms. The summed E-state index contributed by atoms with van der Waals surface area (Å²) in [6, 6.07) is 7.34. The Kier molecular flexibility index (Phi) is 4.94. The highest BCUT2D eigenvalue weighted by molar-refractivity contribution is 7.13. The molecule has 0 aliphatic heterocycles. The Bertz CT molecular complexity index is 799. The average Bonchev–Trinajstić information content (AvgIpc) is 3.31. The minimum atomic E-state index is -0.911. The Morgan fingerprint density at radius 2 is 1.84 bits per heavy atom. The molecular formula is C16H16N4O4S. The topological polar surface area (TPSA) is 109 Å². The maximum Gasteiger partial charge on any atom is 0.327 e. The first-order valence-corrected chi connectivity index (χ1v) is 8.46. The van der Waals surface area contributed by atoms with E-state index in [1.165, 1.54) is 11.3 Å². The van der Waals surface area contributed by atoms with Gasteiger partial charge in [-0.15, -0.1) is 11.3 Å². The molecule has 1 fully saturated rings. The minimum Gasteiger partial charge on any atom is -0.497 e. The van der Waals surface area contributed by atoms with Crippen molar-refractivity contribution in [1.82, 2.24) is 21.2 Å². The Labute approximate surface area is 147 Å². The van der Waals surface area contributed by atoms with Crippen molar-refractivity contribution in [3.05, 3.63) is 35.3 Å². The van der Waals surface area contributed by atoms with Gasteiger partial charge in [-0.2, -0.15) is 0 Å². The van der Waals surface area contributed by atoms with E-state index in [1.807, 2.05) is 12.1 Å². The van der Waals surface area contributed by atoms with Crippen LogP contribution in [0.1, 0.15) is 23.3 Å². The zero-order valence-electron chi connectivity index (χ0n) is 13.4. The smallest absolute Gasteiger partial charge is 0.327 e. The fraction of sp³-hybridized carbons (Fsp3) is 0.250. The monoisotopic (exact) mass is 360 g/mol. The molecule has 0 radical (unpaired) electrons. The molecular weight excluding hydrogens is 344 g/mol. The quantitative estimate of drug-likeness (QED) is 0.553. The first-order chi connectivity index (χ1) is 12.1. The van der Waals surface area contributed by atoms with E-state index < -0.39 is 17.7 Å². The van der Waals surface area contributed by atoms with Gasteiger partial charge < -0.3 is 10.1 Å². The Morgan fingerprint density at radius 3 is 2.48 bits per heavy atom. The third-order valence-electron chi connectivity index (χ3n) is 3.48. The van der Waals surface area contributed by atoms with Gasteiger partial charge in [-0.05, 0) is 37.1 Å². The summed E-state index contributed by atoms with van der Waals surface area (Å²) >= 11 is 1.30. The molecule has 130 valence electrons. The van der Waals surface area contributed by atoms with Gasteiger partial charge in [0.25, 0.3) is 5.91 Å². The van der Waals surface area contributed by atoms with Gasteiger partial charge in [0.15, 0.2) is 0 Å². The molecule has 0 unspecified atom stereocenters. The van der Waals surface area contributed by atoms with Crippen molar-refractivity contribution >= 4 is 29.1 Å². The van der Waals surface area contributed by atoms with Crippen molar-refractivity contribution in [3.63, 3.8) is 0 Å². The van der Waals surface area contributed by atoms with Gasteiger partial charge in [-0.25, -0.2) is 4.98 Å². The zero-order valence-corrected chi connectivity index (χ0v) is 14.2. The van der Waals surface area contributed by atoms with E-state index in [9.17, 15) is 14.4 Å². The second-order valence-corrected chi connectivity index (χ2v) is 6.28. The number of amides is 3. The lowest BCUT2D eigenvalue weighted by molar-refractivity contribution is -0.139. The molecule has 1 aromatic heterocycles. The number of carbonyl (C=O) groups is 3. The van der Waals surface area contributed by atoms with E-state index in [4.69, 9.17) is 4.74 Å². The molecule has 3 N–H and O–H groups in total. The van der Waals surface area contributed by atoms with E-state index in [2.05, 4.69) is 21.2 Å². The lowest BCUT2D eigenvalue weighted by atomic mass is 10.2. The number of hydrazine groups is 1. The number of thiazole rings is 1. The minimum absolute atomic E-state index is 0.0690. The van der Waals surface area contributed by atoms with Crippen LogP contribution in [0.2, 0.25) is 0 Å². The fourth-order valence-electron chi connectivity index (χ4n) is 1.96. The van der Waals surface area contributed by atoms with E-state index in [0.29, 0.717) is 5.01 Å². The van der Waals surface area contributed by atoms with Crippen molar-refractivity contribution in [1.29, 1.82) is 0 Å². The van der Waals surface area contributed by atoms with Crippen LogP contribution >= 0.6 is 11.3 Å². The number of hydrogen-bond acceptors (Lipinski definition) is 6. The molecule has 1 heterocycles. The van der Waals surface area contributed by atoms with E-state index in [0.717, 1.165) is 24.2 Å². The third kappa shape index (κ3) is 4.32. The lowest BCUT2D eigenvalue weighted by Gasteiger charge is -2.06. The average molecular weight is 360 g/mol. The van der Waals surface area contributed by atoms with Gasteiger partial charge in [0.2, 0.25) is 0 Å². The molecule has 0 atom stereocenters. The standard InChI is InChI=1S/C16H16N4O4S/c1-24-11-6-2-9(3-7-11)16-18-12(8-25-16)13(21)19-20-15(23)14(22)17-10-4-5-10/h2-3,6-8,10H,4-5H2,1H3,(H,17,22)(H,19,21)(H,20,23). The summed E-state index contributed by atoms with van der Waals surface area (Å²) < 4.78 is 5.10. The Morgan fingerprint density at radius 1 is 1.12 bits per heavy atom. The van der Waals surface area contributed by atoms with Crippen LogP contribution in [0.3, 0.4) is 0 Å². The molecule has 1 saturated carbocycles. The predicted molar refractivity (Wildman–Crippen MR) is 90.9 cm³/mol. The van der Waals surface area contributed by atoms with E-state index in [-0.39, 0.29) is 11.7 Å². The second-order valence-electron chi connectivity index (χ2n) is 5.42. The Balaban J connectivity index is 1.56. The summed E-state index contributed by atoms with van der Waals surface area (Å²) in [6.07, 6.45) is 1.75. The lowest BCUT2D eigenvalue weighted by Crippen LogP contribution is -2.49. The summed E-state index contributed by atoms with van der Waals surface area (Å²) in [4.78, 5) is 39.3. The van der Waals surface area contributed by atoms with Crippen LogP contribution in [0, 0.1) is 0 Å². The van der Waals surface area contributed by atoms with Crippen LogP contribution < -0.4 is 20.9 Å². The van der Waals surface area contributed by atoms with Crippen LogP contribution in [0.15, 0.2) is 29.6 Å².